The van der Waals surface area contributed by atoms with Crippen molar-refractivity contribution in [2.24, 2.45) is 27.2 Å². The second-order valence-corrected chi connectivity index (χ2v) is 4.37. The lowest BCUT2D eigenvalue weighted by Gasteiger charge is -2.06. The quantitative estimate of drug-likeness (QED) is 0.340. The zero-order valence-corrected chi connectivity index (χ0v) is 11.9. The van der Waals surface area contributed by atoms with Gasteiger partial charge in [0.1, 0.15) is 11.6 Å². The second-order valence-electron chi connectivity index (χ2n) is 4.37. The zero-order valence-electron chi connectivity index (χ0n) is 11.9. The minimum atomic E-state index is -0.673. The first-order chi connectivity index (χ1) is 11.0. The number of esters is 1. The van der Waals surface area contributed by atoms with Gasteiger partial charge in [-0.2, -0.15) is 4.99 Å². The Bertz CT molecular complexity index is 768. The molecule has 0 bridgehead atoms. The molecule has 118 valence electrons. The standard InChI is InChI=1S/C15H14FN5O2/c16-9-5-7-10(8-6-9)23-13(22)11-3-1-2-4-12(11)20-15(19)21-14(17)18/h1-8H,(H6,17,18,19,20,21). The Morgan fingerprint density at radius 1 is 1.00 bits per heavy atom. The fourth-order valence-corrected chi connectivity index (χ4v) is 1.69. The van der Waals surface area contributed by atoms with Crippen molar-refractivity contribution in [1.29, 1.82) is 0 Å². The molecule has 2 rings (SSSR count). The van der Waals surface area contributed by atoms with Crippen LogP contribution in [-0.4, -0.2) is 17.9 Å². The highest BCUT2D eigenvalue weighted by Gasteiger charge is 2.13. The zero-order chi connectivity index (χ0) is 16.8. The van der Waals surface area contributed by atoms with E-state index in [4.69, 9.17) is 21.9 Å². The lowest BCUT2D eigenvalue weighted by Crippen LogP contribution is -2.26. The molecule has 0 unspecified atom stereocenters. The Balaban J connectivity index is 2.27. The Kier molecular flexibility index (Phi) is 4.88. The molecule has 0 aliphatic carbocycles. The minimum absolute atomic E-state index is 0.158. The van der Waals surface area contributed by atoms with Gasteiger partial charge in [-0.1, -0.05) is 12.1 Å². The average Bonchev–Trinajstić information content (AvgIpc) is 2.49. The molecule has 2 aromatic rings. The second kappa shape index (κ2) is 7.03. The van der Waals surface area contributed by atoms with E-state index < -0.39 is 11.8 Å². The summed E-state index contributed by atoms with van der Waals surface area (Å²) in [7, 11) is 0. The van der Waals surface area contributed by atoms with Crippen LogP contribution >= 0.6 is 0 Å². The summed E-state index contributed by atoms with van der Waals surface area (Å²) in [5.41, 5.74) is 16.4. The number of carbonyl (C=O) groups is 1. The van der Waals surface area contributed by atoms with Crippen LogP contribution in [0.5, 0.6) is 5.75 Å². The van der Waals surface area contributed by atoms with Crippen molar-refractivity contribution in [2.45, 2.75) is 0 Å². The van der Waals surface area contributed by atoms with E-state index in [1.54, 1.807) is 18.2 Å². The molecule has 8 heteroatoms. The summed E-state index contributed by atoms with van der Waals surface area (Å²) >= 11 is 0. The van der Waals surface area contributed by atoms with Gasteiger partial charge in [0.2, 0.25) is 5.96 Å². The van der Waals surface area contributed by atoms with E-state index in [0.717, 1.165) is 0 Å². The van der Waals surface area contributed by atoms with E-state index >= 15 is 0 Å². The molecule has 0 spiro atoms. The number of ether oxygens (including phenoxy) is 1. The van der Waals surface area contributed by atoms with Crippen molar-refractivity contribution in [3.05, 3.63) is 59.9 Å². The normalized spacial score (nSPS) is 10.9. The highest BCUT2D eigenvalue weighted by Crippen LogP contribution is 2.21. The molecule has 0 fully saturated rings. The van der Waals surface area contributed by atoms with Crippen molar-refractivity contribution in [3.63, 3.8) is 0 Å². The van der Waals surface area contributed by atoms with Crippen molar-refractivity contribution in [3.8, 4) is 5.75 Å². The van der Waals surface area contributed by atoms with Crippen molar-refractivity contribution in [2.75, 3.05) is 0 Å². The first kappa shape index (κ1) is 16.0. The highest BCUT2D eigenvalue weighted by atomic mass is 19.1. The van der Waals surface area contributed by atoms with Crippen LogP contribution in [0.25, 0.3) is 0 Å². The number of nitrogens with zero attached hydrogens (tertiary/aromatic N) is 2. The molecular formula is C15H14FN5O2. The number of halogens is 1. The summed E-state index contributed by atoms with van der Waals surface area (Å²) in [5.74, 6) is -1.36. The first-order valence-electron chi connectivity index (χ1n) is 6.46. The Labute approximate surface area is 131 Å². The van der Waals surface area contributed by atoms with Crippen LogP contribution < -0.4 is 21.9 Å². The van der Waals surface area contributed by atoms with E-state index in [1.807, 2.05) is 0 Å². The number of aliphatic imine (C=N–C) groups is 2. The van der Waals surface area contributed by atoms with Gasteiger partial charge in [0.15, 0.2) is 5.96 Å². The van der Waals surface area contributed by atoms with E-state index in [0.29, 0.717) is 0 Å². The fourth-order valence-electron chi connectivity index (χ4n) is 1.69. The van der Waals surface area contributed by atoms with Crippen molar-refractivity contribution < 1.29 is 13.9 Å². The third kappa shape index (κ3) is 4.53. The minimum Gasteiger partial charge on any atom is -0.423 e. The largest absolute Gasteiger partial charge is 0.423 e. The lowest BCUT2D eigenvalue weighted by molar-refractivity contribution is 0.0735. The van der Waals surface area contributed by atoms with Crippen LogP contribution in [0.1, 0.15) is 10.4 Å². The van der Waals surface area contributed by atoms with Crippen LogP contribution in [0, 0.1) is 5.82 Å². The van der Waals surface area contributed by atoms with Gasteiger partial charge in [0.25, 0.3) is 0 Å². The number of guanidine groups is 2. The smallest absolute Gasteiger partial charge is 0.345 e. The summed E-state index contributed by atoms with van der Waals surface area (Å²) in [6, 6.07) is 11.4. The third-order valence-electron chi connectivity index (χ3n) is 2.63. The molecular weight excluding hydrogens is 301 g/mol. The first-order valence-corrected chi connectivity index (χ1v) is 6.46. The molecule has 0 radical (unpaired) electrons. The highest BCUT2D eigenvalue weighted by molar-refractivity contribution is 5.99. The molecule has 0 amide bonds. The number of hydrogen-bond acceptors (Lipinski definition) is 3. The molecule has 0 saturated heterocycles. The summed E-state index contributed by atoms with van der Waals surface area (Å²) in [4.78, 5) is 19.7. The molecule has 0 saturated carbocycles. The predicted molar refractivity (Wildman–Crippen MR) is 84.9 cm³/mol. The van der Waals surface area contributed by atoms with Gasteiger partial charge < -0.3 is 21.9 Å². The Morgan fingerprint density at radius 2 is 1.65 bits per heavy atom. The maximum atomic E-state index is 12.9. The van der Waals surface area contributed by atoms with Gasteiger partial charge in [0.05, 0.1) is 11.3 Å². The fraction of sp³-hybridized carbons (Fsp3) is 0. The van der Waals surface area contributed by atoms with Crippen LogP contribution in [0.4, 0.5) is 10.1 Å². The molecule has 7 nitrogen and oxygen atoms in total. The van der Waals surface area contributed by atoms with Crippen LogP contribution in [0.2, 0.25) is 0 Å². The number of benzene rings is 2. The Morgan fingerprint density at radius 3 is 2.30 bits per heavy atom. The SMILES string of the molecule is NC(N)=NC(N)=Nc1ccccc1C(=O)Oc1ccc(F)cc1. The summed E-state index contributed by atoms with van der Waals surface area (Å²) in [6.45, 7) is 0. The number of hydrogen-bond donors (Lipinski definition) is 3. The lowest BCUT2D eigenvalue weighted by atomic mass is 10.2. The molecule has 23 heavy (non-hydrogen) atoms. The molecule has 0 aromatic heterocycles. The molecule has 2 aromatic carbocycles. The molecule has 0 aliphatic rings. The van der Waals surface area contributed by atoms with E-state index in [1.165, 1.54) is 30.3 Å². The monoisotopic (exact) mass is 315 g/mol. The van der Waals surface area contributed by atoms with Gasteiger partial charge in [-0.05, 0) is 36.4 Å². The van der Waals surface area contributed by atoms with E-state index in [-0.39, 0.29) is 28.9 Å². The predicted octanol–water partition coefficient (Wildman–Crippen LogP) is 1.26. The van der Waals surface area contributed by atoms with Crippen molar-refractivity contribution >= 4 is 23.6 Å². The number of rotatable bonds is 3. The maximum Gasteiger partial charge on any atom is 0.345 e. The third-order valence-corrected chi connectivity index (χ3v) is 2.63. The summed E-state index contributed by atoms with van der Waals surface area (Å²) < 4.78 is 18.0. The average molecular weight is 315 g/mol. The van der Waals surface area contributed by atoms with Crippen LogP contribution in [0.15, 0.2) is 58.5 Å². The van der Waals surface area contributed by atoms with Crippen LogP contribution in [-0.2, 0) is 0 Å². The van der Waals surface area contributed by atoms with Gasteiger partial charge in [-0.15, -0.1) is 0 Å². The van der Waals surface area contributed by atoms with E-state index in [9.17, 15) is 9.18 Å². The maximum absolute atomic E-state index is 12.9. The van der Waals surface area contributed by atoms with E-state index in [2.05, 4.69) is 9.98 Å². The number of para-hydroxylation sites is 1. The molecule has 0 heterocycles. The summed E-state index contributed by atoms with van der Waals surface area (Å²) in [5, 5.41) is 0. The topological polar surface area (TPSA) is 129 Å². The van der Waals surface area contributed by atoms with Gasteiger partial charge in [-0.25, -0.2) is 14.2 Å². The summed E-state index contributed by atoms with van der Waals surface area (Å²) in [6.07, 6.45) is 0. The Hall–Kier alpha value is -3.42. The number of carbonyl (C=O) groups excluding carboxylic acids is 1. The van der Waals surface area contributed by atoms with Crippen molar-refractivity contribution in [1.82, 2.24) is 0 Å². The molecule has 6 N–H and O–H groups in total. The van der Waals surface area contributed by atoms with Gasteiger partial charge in [0, 0.05) is 0 Å². The number of nitrogens with two attached hydrogens (primary N) is 3. The molecule has 0 atom stereocenters. The van der Waals surface area contributed by atoms with Gasteiger partial charge >= 0.3 is 5.97 Å². The molecule has 0 aliphatic heterocycles. The van der Waals surface area contributed by atoms with Gasteiger partial charge in [-0.3, -0.25) is 0 Å². The van der Waals surface area contributed by atoms with Crippen LogP contribution in [0.3, 0.4) is 0 Å².